The highest BCUT2D eigenvalue weighted by molar-refractivity contribution is 5.78. The lowest BCUT2D eigenvalue weighted by Gasteiger charge is -2.38. The lowest BCUT2D eigenvalue weighted by molar-refractivity contribution is -0.198. The van der Waals surface area contributed by atoms with E-state index in [4.69, 9.17) is 23.7 Å². The molecule has 35 heavy (non-hydrogen) atoms. The van der Waals surface area contributed by atoms with E-state index in [0.29, 0.717) is 0 Å². The van der Waals surface area contributed by atoms with Crippen molar-refractivity contribution in [3.05, 3.63) is 12.0 Å². The average Bonchev–Trinajstić information content (AvgIpc) is 2.65. The Labute approximate surface area is 208 Å². The molecule has 0 aromatic carbocycles. The Bertz CT molecular complexity index is 842. The molecule has 1 heterocycles. The second-order valence-electron chi connectivity index (χ2n) is 12.9. The first kappa shape index (κ1) is 30.5. The van der Waals surface area contributed by atoms with Crippen LogP contribution >= 0.6 is 0 Å². The largest absolute Gasteiger partial charge is 0.487 e. The van der Waals surface area contributed by atoms with Gasteiger partial charge in [-0.25, -0.2) is 0 Å². The van der Waals surface area contributed by atoms with Crippen molar-refractivity contribution in [2.75, 3.05) is 6.61 Å². The summed E-state index contributed by atoms with van der Waals surface area (Å²) >= 11 is 0. The van der Waals surface area contributed by atoms with Gasteiger partial charge in [0.15, 0.2) is 18.0 Å². The van der Waals surface area contributed by atoms with Gasteiger partial charge in [-0.05, 0) is 83.1 Å². The van der Waals surface area contributed by atoms with Crippen LogP contribution in [0.1, 0.15) is 83.1 Å². The zero-order chi connectivity index (χ0) is 27.6. The normalized spacial score (nSPS) is 21.3. The molecule has 0 amide bonds. The lowest BCUT2D eigenvalue weighted by Crippen LogP contribution is -2.52. The van der Waals surface area contributed by atoms with Crippen molar-refractivity contribution in [1.82, 2.24) is 0 Å². The van der Waals surface area contributed by atoms with Gasteiger partial charge < -0.3 is 23.7 Å². The molecule has 1 aliphatic heterocycles. The number of esters is 4. The highest BCUT2D eigenvalue weighted by Crippen LogP contribution is 2.32. The third-order valence-corrected chi connectivity index (χ3v) is 4.82. The number of carbonyl (C=O) groups is 4. The first-order valence-corrected chi connectivity index (χ1v) is 11.7. The minimum Gasteiger partial charge on any atom is -0.487 e. The summed E-state index contributed by atoms with van der Waals surface area (Å²) in [6, 6.07) is 0. The van der Waals surface area contributed by atoms with E-state index in [1.54, 1.807) is 83.1 Å². The van der Waals surface area contributed by atoms with Crippen LogP contribution in [-0.4, -0.2) is 48.8 Å². The minimum atomic E-state index is -1.30. The fourth-order valence-electron chi connectivity index (χ4n) is 2.36. The van der Waals surface area contributed by atoms with E-state index in [2.05, 4.69) is 0 Å². The Balaban J connectivity index is 3.45. The summed E-state index contributed by atoms with van der Waals surface area (Å²) in [6.45, 7) is 19.8. The molecular formula is C26H42O9. The van der Waals surface area contributed by atoms with Gasteiger partial charge in [0.2, 0.25) is 6.10 Å². The van der Waals surface area contributed by atoms with Crippen molar-refractivity contribution in [2.45, 2.75) is 101 Å². The topological polar surface area (TPSA) is 114 Å². The van der Waals surface area contributed by atoms with E-state index in [9.17, 15) is 19.2 Å². The van der Waals surface area contributed by atoms with Crippen molar-refractivity contribution in [3.8, 4) is 0 Å². The van der Waals surface area contributed by atoms with Crippen LogP contribution in [0, 0.1) is 21.7 Å². The fourth-order valence-corrected chi connectivity index (χ4v) is 2.36. The molecule has 0 bridgehead atoms. The van der Waals surface area contributed by atoms with Crippen molar-refractivity contribution in [1.29, 1.82) is 0 Å². The summed E-state index contributed by atoms with van der Waals surface area (Å²) in [7, 11) is 0. The highest BCUT2D eigenvalue weighted by Gasteiger charge is 2.47. The van der Waals surface area contributed by atoms with Crippen molar-refractivity contribution in [2.24, 2.45) is 21.7 Å². The molecule has 1 aliphatic rings. The number of ether oxygens (including phenoxy) is 5. The van der Waals surface area contributed by atoms with E-state index in [-0.39, 0.29) is 12.4 Å². The van der Waals surface area contributed by atoms with Crippen molar-refractivity contribution < 1.29 is 42.9 Å². The SMILES string of the molecule is CC(C)(C)C(=O)OCC1OC=C(OC(=O)C(C)(C)C)C(OC(=O)C(C)(C)C)C1OC(=O)C(C)(C)C. The quantitative estimate of drug-likeness (QED) is 0.404. The number of hydrogen-bond acceptors (Lipinski definition) is 9. The number of rotatable bonds is 5. The summed E-state index contributed by atoms with van der Waals surface area (Å²) in [4.78, 5) is 50.6. The first-order chi connectivity index (χ1) is 15.5. The van der Waals surface area contributed by atoms with Gasteiger partial charge in [0, 0.05) is 0 Å². The van der Waals surface area contributed by atoms with Crippen LogP contribution in [0.25, 0.3) is 0 Å². The third kappa shape index (κ3) is 8.85. The van der Waals surface area contributed by atoms with Crippen LogP contribution in [0.4, 0.5) is 0 Å². The third-order valence-electron chi connectivity index (χ3n) is 4.82. The van der Waals surface area contributed by atoms with Gasteiger partial charge in [0.05, 0.1) is 21.7 Å². The lowest BCUT2D eigenvalue weighted by atomic mass is 9.95. The number of carbonyl (C=O) groups excluding carboxylic acids is 4. The van der Waals surface area contributed by atoms with E-state index < -0.39 is 63.8 Å². The highest BCUT2D eigenvalue weighted by atomic mass is 16.6. The summed E-state index contributed by atoms with van der Waals surface area (Å²) in [5, 5.41) is 0. The Hall–Kier alpha value is -2.58. The van der Waals surface area contributed by atoms with Crippen LogP contribution in [-0.2, 0) is 42.9 Å². The van der Waals surface area contributed by atoms with Crippen LogP contribution in [0.2, 0.25) is 0 Å². The van der Waals surface area contributed by atoms with E-state index >= 15 is 0 Å². The average molecular weight is 499 g/mol. The van der Waals surface area contributed by atoms with Gasteiger partial charge in [-0.2, -0.15) is 0 Å². The predicted molar refractivity (Wildman–Crippen MR) is 128 cm³/mol. The Morgan fingerprint density at radius 1 is 0.686 bits per heavy atom. The summed E-state index contributed by atoms with van der Waals surface area (Å²) in [6.07, 6.45) is -2.41. The molecule has 3 unspecified atom stereocenters. The van der Waals surface area contributed by atoms with Crippen LogP contribution in [0.3, 0.4) is 0 Å². The van der Waals surface area contributed by atoms with Crippen LogP contribution in [0.5, 0.6) is 0 Å². The first-order valence-electron chi connectivity index (χ1n) is 11.7. The number of hydrogen-bond donors (Lipinski definition) is 0. The van der Waals surface area contributed by atoms with E-state index in [1.165, 1.54) is 0 Å². The molecule has 0 fully saturated rings. The maximum Gasteiger partial charge on any atom is 0.316 e. The molecule has 0 N–H and O–H groups in total. The summed E-state index contributed by atoms with van der Waals surface area (Å²) in [5.74, 6) is -2.41. The maximum atomic E-state index is 12.8. The molecule has 0 saturated heterocycles. The Morgan fingerprint density at radius 2 is 1.11 bits per heavy atom. The fraction of sp³-hybridized carbons (Fsp3) is 0.769. The van der Waals surface area contributed by atoms with Gasteiger partial charge in [-0.15, -0.1) is 0 Å². The van der Waals surface area contributed by atoms with Gasteiger partial charge >= 0.3 is 23.9 Å². The molecule has 0 saturated carbocycles. The molecule has 0 aromatic rings. The molecule has 0 spiro atoms. The molecule has 0 radical (unpaired) electrons. The molecular weight excluding hydrogens is 456 g/mol. The van der Waals surface area contributed by atoms with Gasteiger partial charge in [0.25, 0.3) is 0 Å². The van der Waals surface area contributed by atoms with E-state index in [0.717, 1.165) is 6.26 Å². The Kier molecular flexibility index (Phi) is 9.21. The summed E-state index contributed by atoms with van der Waals surface area (Å²) < 4.78 is 28.1. The smallest absolute Gasteiger partial charge is 0.316 e. The standard InChI is InChI=1S/C26H42O9/c1-23(2,3)19(27)32-13-15-17(34-21(29)25(7,8)9)18(35-22(30)26(10,11)12)16(14-31-15)33-20(28)24(4,5)6/h14-15,17-18H,13H2,1-12H3. The predicted octanol–water partition coefficient (Wildman–Crippen LogP) is 4.32. The molecule has 9 nitrogen and oxygen atoms in total. The van der Waals surface area contributed by atoms with Crippen molar-refractivity contribution in [3.63, 3.8) is 0 Å². The zero-order valence-corrected chi connectivity index (χ0v) is 23.2. The molecule has 3 atom stereocenters. The molecule has 200 valence electrons. The molecule has 0 aliphatic carbocycles. The second-order valence-corrected chi connectivity index (χ2v) is 12.9. The summed E-state index contributed by atoms with van der Waals surface area (Å²) in [5.41, 5.74) is -3.43. The maximum absolute atomic E-state index is 12.8. The van der Waals surface area contributed by atoms with Gasteiger partial charge in [-0.3, -0.25) is 19.2 Å². The zero-order valence-electron chi connectivity index (χ0n) is 23.2. The monoisotopic (exact) mass is 498 g/mol. The molecule has 0 aromatic heterocycles. The molecule has 9 heteroatoms. The minimum absolute atomic E-state index is 0.118. The van der Waals surface area contributed by atoms with E-state index in [1.807, 2.05) is 0 Å². The van der Waals surface area contributed by atoms with Crippen LogP contribution in [0.15, 0.2) is 12.0 Å². The van der Waals surface area contributed by atoms with Crippen LogP contribution < -0.4 is 0 Å². The van der Waals surface area contributed by atoms with Gasteiger partial charge in [-0.1, -0.05) is 0 Å². The molecule has 1 rings (SSSR count). The van der Waals surface area contributed by atoms with Gasteiger partial charge in [0.1, 0.15) is 12.9 Å². The van der Waals surface area contributed by atoms with Crippen molar-refractivity contribution >= 4 is 23.9 Å². The Morgan fingerprint density at radius 3 is 1.54 bits per heavy atom. The second kappa shape index (κ2) is 10.6.